The molecule has 1 aliphatic rings. The third-order valence-electron chi connectivity index (χ3n) is 5.93. The molecule has 1 aliphatic heterocycles. The molecule has 1 unspecified atom stereocenters. The van der Waals surface area contributed by atoms with Crippen LogP contribution in [-0.2, 0) is 33.9 Å². The van der Waals surface area contributed by atoms with Gasteiger partial charge in [-0.15, -0.1) is 0 Å². The van der Waals surface area contributed by atoms with Gasteiger partial charge in [0.1, 0.15) is 11.9 Å². The lowest BCUT2D eigenvalue weighted by atomic mass is 9.96. The molecule has 1 aromatic carbocycles. The van der Waals surface area contributed by atoms with E-state index in [0.29, 0.717) is 40.6 Å². The van der Waals surface area contributed by atoms with Gasteiger partial charge in [-0.3, -0.25) is 9.59 Å². The second kappa shape index (κ2) is 8.72. The molecule has 0 radical (unpaired) electrons. The van der Waals surface area contributed by atoms with Crippen molar-refractivity contribution >= 4 is 28.8 Å². The average molecular weight is 454 g/mol. The molecule has 33 heavy (non-hydrogen) atoms. The summed E-state index contributed by atoms with van der Waals surface area (Å²) in [7, 11) is 2.95. The Bertz CT molecular complexity index is 1350. The topological polar surface area (TPSA) is 137 Å². The van der Waals surface area contributed by atoms with Crippen molar-refractivity contribution in [2.45, 2.75) is 32.1 Å². The fraction of sp³-hybridized carbons (Fsp3) is 0.304. The second-order valence-electron chi connectivity index (χ2n) is 7.85. The van der Waals surface area contributed by atoms with E-state index in [0.717, 1.165) is 5.56 Å². The van der Waals surface area contributed by atoms with E-state index in [4.69, 9.17) is 10.5 Å². The molecule has 3 heterocycles. The maximum atomic E-state index is 14.2. The summed E-state index contributed by atoms with van der Waals surface area (Å²) in [6, 6.07) is 4.24. The zero-order chi connectivity index (χ0) is 23.9. The number of aromatic nitrogens is 2. The number of ether oxygens (including phenoxy) is 1. The Hall–Kier alpha value is -3.63. The lowest BCUT2D eigenvalue weighted by molar-refractivity contribution is -0.120. The fourth-order valence-electron chi connectivity index (χ4n) is 4.28. The van der Waals surface area contributed by atoms with Crippen LogP contribution >= 0.6 is 0 Å². The number of benzene rings is 1. The molecule has 2 aromatic heterocycles. The zero-order valence-corrected chi connectivity index (χ0v) is 18.1. The predicted molar refractivity (Wildman–Crippen MR) is 119 cm³/mol. The quantitative estimate of drug-likeness (QED) is 0.282. The highest BCUT2D eigenvalue weighted by molar-refractivity contribution is 5.91. The molecule has 0 fully saturated rings. The molecular formula is C23H23FN4O5. The monoisotopic (exact) mass is 454 g/mol. The number of nitrogens with one attached hydrogen (secondary N) is 1. The summed E-state index contributed by atoms with van der Waals surface area (Å²) in [5.74, 6) is -0.801. The number of rotatable bonds is 7. The summed E-state index contributed by atoms with van der Waals surface area (Å²) in [6.07, 6.45) is -0.678. The van der Waals surface area contributed by atoms with E-state index in [9.17, 15) is 23.9 Å². The molecule has 1 atom stereocenters. The number of amides is 1. The number of fused-ring (bicyclic) bond motifs is 4. The minimum absolute atomic E-state index is 0.0445. The summed E-state index contributed by atoms with van der Waals surface area (Å²) in [6.45, 7) is 0.0807. The summed E-state index contributed by atoms with van der Waals surface area (Å²) >= 11 is 0. The van der Waals surface area contributed by atoms with Crippen molar-refractivity contribution in [3.63, 3.8) is 0 Å². The van der Waals surface area contributed by atoms with Crippen LogP contribution in [0.4, 0.5) is 10.1 Å². The van der Waals surface area contributed by atoms with Crippen molar-refractivity contribution < 1.29 is 23.8 Å². The Kier molecular flexibility index (Phi) is 5.96. The van der Waals surface area contributed by atoms with Crippen LogP contribution < -0.4 is 16.6 Å². The van der Waals surface area contributed by atoms with Crippen LogP contribution in [0.1, 0.15) is 34.8 Å². The normalized spacial score (nSPS) is 13.0. The molecule has 4 N–H and O–H groups in total. The maximum Gasteiger partial charge on any atom is 0.257 e. The number of nitrogen functional groups attached to an aromatic ring is 1. The number of hydrogen-bond donors (Lipinski definition) is 3. The van der Waals surface area contributed by atoms with E-state index in [-0.39, 0.29) is 42.3 Å². The summed E-state index contributed by atoms with van der Waals surface area (Å²) in [5.41, 5.74) is 8.22. The number of halogens is 1. The molecule has 0 aliphatic carbocycles. The number of pyridine rings is 2. The molecule has 10 heteroatoms. The molecule has 0 saturated heterocycles. The smallest absolute Gasteiger partial charge is 0.257 e. The number of aldehydes is 1. The number of anilines is 1. The Morgan fingerprint density at radius 3 is 2.82 bits per heavy atom. The first kappa shape index (κ1) is 22.6. The number of aliphatic hydroxyl groups excluding tert-OH is 1. The van der Waals surface area contributed by atoms with Crippen LogP contribution in [0, 0.1) is 5.82 Å². The average Bonchev–Trinajstić information content (AvgIpc) is 3.17. The van der Waals surface area contributed by atoms with Crippen molar-refractivity contribution in [2.24, 2.45) is 0 Å². The fourth-order valence-corrected chi connectivity index (χ4v) is 4.28. The van der Waals surface area contributed by atoms with Gasteiger partial charge in [0.05, 0.1) is 35.7 Å². The van der Waals surface area contributed by atoms with Gasteiger partial charge in [-0.1, -0.05) is 0 Å². The number of hydrogen-bond acceptors (Lipinski definition) is 7. The first-order valence-electron chi connectivity index (χ1n) is 10.3. The maximum absolute atomic E-state index is 14.2. The van der Waals surface area contributed by atoms with Gasteiger partial charge in [-0.25, -0.2) is 9.37 Å². The number of nitrogens with two attached hydrogens (primary N) is 1. The standard InChI is InChI=1S/C23H23FN4O5/c1-26-21(31)4-3-11-12-5-17(25)16(24)7-18(12)27-22-14(11)8-28-19(22)6-13(20(30)9-29)15(10-33-2)23(28)32/h5-7,9,20,30H,3-4,8,10,25H2,1-2H3,(H,26,31). The lowest BCUT2D eigenvalue weighted by Crippen LogP contribution is -2.26. The number of methoxy groups -OCH3 is 1. The highest BCUT2D eigenvalue weighted by Gasteiger charge is 2.30. The predicted octanol–water partition coefficient (Wildman–Crippen LogP) is 1.20. The van der Waals surface area contributed by atoms with Crippen LogP contribution in [0.2, 0.25) is 0 Å². The van der Waals surface area contributed by atoms with Crippen LogP contribution in [0.15, 0.2) is 23.0 Å². The molecule has 172 valence electrons. The largest absolute Gasteiger partial charge is 0.396 e. The molecule has 3 aromatic rings. The SMILES string of the molecule is CNC(=O)CCc1c2c(nc3cc(F)c(N)cc13)-c1cc(C(O)C=O)c(COC)c(=O)n1C2. The minimum Gasteiger partial charge on any atom is -0.396 e. The first-order chi connectivity index (χ1) is 15.8. The van der Waals surface area contributed by atoms with E-state index in [1.54, 1.807) is 0 Å². The number of nitrogens with zero attached hydrogens (tertiary/aromatic N) is 2. The summed E-state index contributed by atoms with van der Waals surface area (Å²) in [5, 5.41) is 13.4. The van der Waals surface area contributed by atoms with Crippen molar-refractivity contribution in [3.8, 4) is 11.4 Å². The van der Waals surface area contributed by atoms with E-state index in [1.807, 2.05) is 0 Å². The van der Waals surface area contributed by atoms with Gasteiger partial charge in [0.15, 0.2) is 6.29 Å². The first-order valence-corrected chi connectivity index (χ1v) is 10.3. The number of aliphatic hydroxyl groups is 1. The summed E-state index contributed by atoms with van der Waals surface area (Å²) < 4.78 is 20.8. The third kappa shape index (κ3) is 3.77. The highest BCUT2D eigenvalue weighted by atomic mass is 19.1. The molecule has 4 rings (SSSR count). The van der Waals surface area contributed by atoms with Crippen LogP contribution in [0.3, 0.4) is 0 Å². The van der Waals surface area contributed by atoms with Crippen molar-refractivity contribution in [1.29, 1.82) is 0 Å². The van der Waals surface area contributed by atoms with E-state index in [2.05, 4.69) is 10.3 Å². The number of aryl methyl sites for hydroxylation is 1. The van der Waals surface area contributed by atoms with Crippen molar-refractivity contribution in [3.05, 3.63) is 56.6 Å². The number of carbonyl (C=O) groups excluding carboxylic acids is 2. The van der Waals surface area contributed by atoms with Gasteiger partial charge < -0.3 is 30.3 Å². The molecule has 0 spiro atoms. The van der Waals surface area contributed by atoms with Gasteiger partial charge in [0, 0.05) is 48.7 Å². The Labute approximate surface area is 188 Å². The lowest BCUT2D eigenvalue weighted by Gasteiger charge is -2.14. The van der Waals surface area contributed by atoms with Crippen LogP contribution in [0.5, 0.6) is 0 Å². The van der Waals surface area contributed by atoms with Gasteiger partial charge in [-0.05, 0) is 24.1 Å². The van der Waals surface area contributed by atoms with E-state index < -0.39 is 17.5 Å². The van der Waals surface area contributed by atoms with E-state index >= 15 is 0 Å². The van der Waals surface area contributed by atoms with Gasteiger partial charge in [0.25, 0.3) is 5.56 Å². The molecule has 9 nitrogen and oxygen atoms in total. The number of carbonyl (C=O) groups is 2. The van der Waals surface area contributed by atoms with Crippen LogP contribution in [0.25, 0.3) is 22.3 Å². The molecule has 1 amide bonds. The zero-order valence-electron chi connectivity index (χ0n) is 18.1. The van der Waals surface area contributed by atoms with E-state index in [1.165, 1.54) is 36.9 Å². The van der Waals surface area contributed by atoms with Gasteiger partial charge >= 0.3 is 0 Å². The Balaban J connectivity index is 2.00. The third-order valence-corrected chi connectivity index (χ3v) is 5.93. The Morgan fingerprint density at radius 1 is 1.39 bits per heavy atom. The van der Waals surface area contributed by atoms with Crippen molar-refractivity contribution in [1.82, 2.24) is 14.9 Å². The van der Waals surface area contributed by atoms with Crippen LogP contribution in [-0.4, -0.2) is 41.0 Å². The molecule has 0 bridgehead atoms. The van der Waals surface area contributed by atoms with Gasteiger partial charge in [0.2, 0.25) is 5.91 Å². The Morgan fingerprint density at radius 2 is 2.15 bits per heavy atom. The van der Waals surface area contributed by atoms with Crippen molar-refractivity contribution in [2.75, 3.05) is 19.9 Å². The van der Waals surface area contributed by atoms with Gasteiger partial charge in [-0.2, -0.15) is 0 Å². The highest BCUT2D eigenvalue weighted by Crippen LogP contribution is 2.38. The second-order valence-corrected chi connectivity index (χ2v) is 7.85. The minimum atomic E-state index is -1.51. The summed E-state index contributed by atoms with van der Waals surface area (Å²) in [4.78, 5) is 41.1. The molecular weight excluding hydrogens is 431 g/mol. The molecule has 0 saturated carbocycles.